The van der Waals surface area contributed by atoms with Crippen LogP contribution in [0.25, 0.3) is 0 Å². The van der Waals surface area contributed by atoms with Gasteiger partial charge in [-0.3, -0.25) is 14.4 Å². The number of hydrogen-bond acceptors (Lipinski definition) is 5. The van der Waals surface area contributed by atoms with Gasteiger partial charge in [0, 0.05) is 38.6 Å². The Morgan fingerprint density at radius 1 is 1.00 bits per heavy atom. The summed E-state index contributed by atoms with van der Waals surface area (Å²) in [5, 5.41) is 2.66. The normalized spacial score (nSPS) is 17.3. The summed E-state index contributed by atoms with van der Waals surface area (Å²) in [6.07, 6.45) is 1.71. The predicted octanol–water partition coefficient (Wildman–Crippen LogP) is 0.108. The van der Waals surface area contributed by atoms with Crippen molar-refractivity contribution in [3.05, 3.63) is 29.8 Å². The van der Waals surface area contributed by atoms with Crippen LogP contribution in [0.4, 0.5) is 0 Å². The van der Waals surface area contributed by atoms with Gasteiger partial charge in [-0.05, 0) is 31.9 Å². The molecule has 0 unspecified atom stereocenters. The first-order chi connectivity index (χ1) is 13.3. The van der Waals surface area contributed by atoms with Gasteiger partial charge in [-0.1, -0.05) is 17.7 Å². The molecule has 8 nitrogen and oxygen atoms in total. The highest BCUT2D eigenvalue weighted by atomic mass is 32.2. The molecule has 0 aromatic heterocycles. The van der Waals surface area contributed by atoms with Gasteiger partial charge in [0.05, 0.1) is 10.6 Å². The largest absolute Gasteiger partial charge is 0.345 e. The lowest BCUT2D eigenvalue weighted by molar-refractivity contribution is -0.148. The third-order valence-electron chi connectivity index (χ3n) is 4.99. The summed E-state index contributed by atoms with van der Waals surface area (Å²) in [4.78, 5) is 39.5. The molecule has 3 amide bonds. The van der Waals surface area contributed by atoms with Gasteiger partial charge in [-0.2, -0.15) is 0 Å². The highest BCUT2D eigenvalue weighted by Gasteiger charge is 2.31. The van der Waals surface area contributed by atoms with E-state index in [1.165, 1.54) is 4.90 Å². The van der Waals surface area contributed by atoms with Crippen LogP contribution in [0.15, 0.2) is 29.2 Å². The molecule has 3 rings (SSSR count). The number of nitrogens with zero attached hydrogens (tertiary/aromatic N) is 2. The van der Waals surface area contributed by atoms with E-state index in [0.29, 0.717) is 13.1 Å². The molecule has 0 atom stereocenters. The number of benzene rings is 1. The van der Waals surface area contributed by atoms with E-state index in [1.54, 1.807) is 29.2 Å². The number of carbonyl (C=O) groups is 3. The van der Waals surface area contributed by atoms with E-state index >= 15 is 0 Å². The third-order valence-corrected chi connectivity index (χ3v) is 6.72. The zero-order valence-corrected chi connectivity index (χ0v) is 16.7. The molecule has 152 valence electrons. The molecule has 9 heteroatoms. The summed E-state index contributed by atoms with van der Waals surface area (Å²) >= 11 is 0. The first kappa shape index (κ1) is 20.3. The first-order valence-electron chi connectivity index (χ1n) is 9.43. The Morgan fingerprint density at radius 3 is 2.14 bits per heavy atom. The molecule has 1 saturated carbocycles. The second-order valence-electron chi connectivity index (χ2n) is 7.30. The first-order valence-corrected chi connectivity index (χ1v) is 11.1. The van der Waals surface area contributed by atoms with E-state index in [4.69, 9.17) is 0 Å². The Labute approximate surface area is 164 Å². The lowest BCUT2D eigenvalue weighted by Gasteiger charge is -2.34. The second kappa shape index (κ2) is 8.30. The van der Waals surface area contributed by atoms with Crippen LogP contribution in [0.5, 0.6) is 0 Å². The predicted molar refractivity (Wildman–Crippen MR) is 102 cm³/mol. The van der Waals surface area contributed by atoms with Crippen LogP contribution in [-0.4, -0.2) is 73.9 Å². The fraction of sp³-hybridized carbons (Fsp3) is 0.526. The fourth-order valence-electron chi connectivity index (χ4n) is 3.02. The Bertz CT molecular complexity index is 854. The highest BCUT2D eigenvalue weighted by molar-refractivity contribution is 7.91. The molecule has 2 aliphatic rings. The van der Waals surface area contributed by atoms with Crippen molar-refractivity contribution >= 4 is 27.6 Å². The van der Waals surface area contributed by atoms with Crippen molar-refractivity contribution in [1.82, 2.24) is 15.1 Å². The monoisotopic (exact) mass is 407 g/mol. The van der Waals surface area contributed by atoms with Crippen LogP contribution in [0.1, 0.15) is 24.8 Å². The molecule has 1 heterocycles. The molecule has 1 aromatic carbocycles. The van der Waals surface area contributed by atoms with Crippen molar-refractivity contribution in [2.75, 3.05) is 31.9 Å². The summed E-state index contributed by atoms with van der Waals surface area (Å²) in [6.45, 7) is 3.01. The summed E-state index contributed by atoms with van der Waals surface area (Å²) in [6, 6.07) is 6.67. The zero-order chi connectivity index (χ0) is 20.3. The van der Waals surface area contributed by atoms with Crippen LogP contribution < -0.4 is 5.32 Å². The van der Waals surface area contributed by atoms with E-state index in [2.05, 4.69) is 5.32 Å². The minimum absolute atomic E-state index is 0.105. The van der Waals surface area contributed by atoms with E-state index in [0.717, 1.165) is 18.4 Å². The standard InChI is InChI=1S/C19H25N3O5S/c1-14-2-6-16(7-3-14)28(26,27)13-8-17(23)21-9-11-22(12-10-21)19(25)18(24)20-15-4-5-15/h2-3,6-7,15H,4-5,8-13H2,1H3,(H,20,24). The summed E-state index contributed by atoms with van der Waals surface area (Å²) in [5.41, 5.74) is 0.966. The molecule has 0 spiro atoms. The molecular formula is C19H25N3O5S. The van der Waals surface area contributed by atoms with Crippen molar-refractivity contribution in [2.24, 2.45) is 0 Å². The van der Waals surface area contributed by atoms with Gasteiger partial charge < -0.3 is 15.1 Å². The maximum atomic E-state index is 12.4. The molecule has 0 radical (unpaired) electrons. The minimum atomic E-state index is -3.52. The number of amides is 3. The average molecular weight is 407 g/mol. The van der Waals surface area contributed by atoms with E-state index in [1.807, 2.05) is 6.92 Å². The fourth-order valence-corrected chi connectivity index (χ4v) is 4.25. The van der Waals surface area contributed by atoms with Gasteiger partial charge in [0.2, 0.25) is 5.91 Å². The van der Waals surface area contributed by atoms with Crippen molar-refractivity contribution in [2.45, 2.75) is 37.1 Å². The number of piperazine rings is 1. The molecule has 1 aliphatic carbocycles. The summed E-state index contributed by atoms with van der Waals surface area (Å²) in [5.74, 6) is -1.67. The summed E-state index contributed by atoms with van der Waals surface area (Å²) in [7, 11) is -3.52. The number of hydrogen-bond donors (Lipinski definition) is 1. The lowest BCUT2D eigenvalue weighted by Crippen LogP contribution is -2.54. The molecular weight excluding hydrogens is 382 g/mol. The molecule has 1 aromatic rings. The average Bonchev–Trinajstić information content (AvgIpc) is 3.50. The number of aryl methyl sites for hydroxylation is 1. The zero-order valence-electron chi connectivity index (χ0n) is 15.9. The van der Waals surface area contributed by atoms with Gasteiger partial charge in [0.25, 0.3) is 0 Å². The van der Waals surface area contributed by atoms with Crippen molar-refractivity contribution in [3.63, 3.8) is 0 Å². The molecule has 1 N–H and O–H groups in total. The Kier molecular flexibility index (Phi) is 6.02. The van der Waals surface area contributed by atoms with Crippen LogP contribution in [-0.2, 0) is 24.2 Å². The highest BCUT2D eigenvalue weighted by Crippen LogP contribution is 2.18. The van der Waals surface area contributed by atoms with E-state index in [-0.39, 0.29) is 42.1 Å². The number of carbonyl (C=O) groups excluding carboxylic acids is 3. The Balaban J connectivity index is 1.46. The van der Waals surface area contributed by atoms with Gasteiger partial charge in [-0.15, -0.1) is 0 Å². The minimum Gasteiger partial charge on any atom is -0.345 e. The van der Waals surface area contributed by atoms with Crippen LogP contribution in [0.2, 0.25) is 0 Å². The number of nitrogens with one attached hydrogen (secondary N) is 1. The van der Waals surface area contributed by atoms with Crippen LogP contribution in [0.3, 0.4) is 0 Å². The lowest BCUT2D eigenvalue weighted by atomic mass is 10.2. The smallest absolute Gasteiger partial charge is 0.312 e. The molecule has 0 bridgehead atoms. The Hall–Kier alpha value is -2.42. The quantitative estimate of drug-likeness (QED) is 0.698. The van der Waals surface area contributed by atoms with Crippen LogP contribution >= 0.6 is 0 Å². The topological polar surface area (TPSA) is 104 Å². The Morgan fingerprint density at radius 2 is 1.57 bits per heavy atom. The summed E-state index contributed by atoms with van der Waals surface area (Å²) < 4.78 is 24.7. The number of sulfone groups is 1. The second-order valence-corrected chi connectivity index (χ2v) is 9.41. The molecule has 1 saturated heterocycles. The molecule has 2 fully saturated rings. The molecule has 1 aliphatic heterocycles. The van der Waals surface area contributed by atoms with Crippen LogP contribution in [0, 0.1) is 6.92 Å². The molecule has 28 heavy (non-hydrogen) atoms. The van der Waals surface area contributed by atoms with Gasteiger partial charge in [0.15, 0.2) is 9.84 Å². The van der Waals surface area contributed by atoms with Crippen molar-refractivity contribution in [3.8, 4) is 0 Å². The number of rotatable bonds is 5. The van der Waals surface area contributed by atoms with Crippen molar-refractivity contribution < 1.29 is 22.8 Å². The van der Waals surface area contributed by atoms with Crippen molar-refractivity contribution in [1.29, 1.82) is 0 Å². The van der Waals surface area contributed by atoms with Gasteiger partial charge in [0.1, 0.15) is 0 Å². The third kappa shape index (κ3) is 5.09. The van der Waals surface area contributed by atoms with Gasteiger partial charge in [-0.25, -0.2) is 8.42 Å². The van der Waals surface area contributed by atoms with E-state index < -0.39 is 21.7 Å². The SMILES string of the molecule is Cc1ccc(S(=O)(=O)CCC(=O)N2CCN(C(=O)C(=O)NC3CC3)CC2)cc1. The maximum absolute atomic E-state index is 12.4. The maximum Gasteiger partial charge on any atom is 0.312 e. The van der Waals surface area contributed by atoms with E-state index in [9.17, 15) is 22.8 Å². The van der Waals surface area contributed by atoms with Gasteiger partial charge >= 0.3 is 11.8 Å².